The van der Waals surface area contributed by atoms with Gasteiger partial charge in [-0.3, -0.25) is 14.9 Å². The van der Waals surface area contributed by atoms with Crippen LogP contribution in [0, 0.1) is 10.1 Å². The van der Waals surface area contributed by atoms with Crippen molar-refractivity contribution in [3.05, 3.63) is 38.9 Å². The third kappa shape index (κ3) is 5.02. The number of hydrogen-bond donors (Lipinski definition) is 1. The number of nitro groups is 1. The van der Waals surface area contributed by atoms with Crippen LogP contribution < -0.4 is 5.32 Å². The highest BCUT2D eigenvalue weighted by Crippen LogP contribution is 2.24. The number of halogens is 1. The van der Waals surface area contributed by atoms with Gasteiger partial charge in [-0.1, -0.05) is 18.5 Å². The highest BCUT2D eigenvalue weighted by Gasteiger charge is 2.16. The Balaban J connectivity index is 2.64. The lowest BCUT2D eigenvalue weighted by molar-refractivity contribution is -0.384. The molecule has 7 heteroatoms. The number of thioether (sulfide) groups is 1. The number of nitrogens with one attached hydrogen (secondary N) is 1. The minimum Gasteiger partial charge on any atom is -0.350 e. The van der Waals surface area contributed by atoms with Crippen LogP contribution in [0.4, 0.5) is 5.69 Å². The maximum absolute atomic E-state index is 12.0. The molecule has 0 fully saturated rings. The largest absolute Gasteiger partial charge is 0.350 e. The zero-order chi connectivity index (χ0) is 15.1. The number of rotatable bonds is 7. The second-order valence-electron chi connectivity index (χ2n) is 4.28. The first-order valence-electron chi connectivity index (χ1n) is 6.28. The van der Waals surface area contributed by atoms with Crippen LogP contribution in [0.25, 0.3) is 0 Å². The van der Waals surface area contributed by atoms with Crippen LogP contribution >= 0.6 is 23.4 Å². The molecule has 0 bridgehead atoms. The quantitative estimate of drug-likeness (QED) is 0.474. The Morgan fingerprint density at radius 3 is 2.80 bits per heavy atom. The van der Waals surface area contributed by atoms with Gasteiger partial charge >= 0.3 is 0 Å². The Hall–Kier alpha value is -1.27. The summed E-state index contributed by atoms with van der Waals surface area (Å²) >= 11 is 7.60. The van der Waals surface area contributed by atoms with Crippen LogP contribution in [0.15, 0.2) is 18.2 Å². The summed E-state index contributed by atoms with van der Waals surface area (Å²) in [4.78, 5) is 22.0. The monoisotopic (exact) mass is 316 g/mol. The summed E-state index contributed by atoms with van der Waals surface area (Å²) in [6.07, 6.45) is 0.880. The standard InChI is InChI=1S/C13H17ClN2O3S/c1-3-20-7-6-9(2)15-13(17)10-4-5-12(16(18)19)11(14)8-10/h4-5,8-9H,3,6-7H2,1-2H3,(H,15,17). The molecule has 1 rings (SSSR count). The van der Waals surface area contributed by atoms with Crippen molar-refractivity contribution in [2.45, 2.75) is 26.3 Å². The number of benzene rings is 1. The second kappa shape index (κ2) is 8.11. The van der Waals surface area contributed by atoms with Gasteiger partial charge in [0.05, 0.1) is 4.92 Å². The van der Waals surface area contributed by atoms with Crippen molar-refractivity contribution < 1.29 is 9.72 Å². The van der Waals surface area contributed by atoms with E-state index in [9.17, 15) is 14.9 Å². The van der Waals surface area contributed by atoms with E-state index in [4.69, 9.17) is 11.6 Å². The average Bonchev–Trinajstić information content (AvgIpc) is 2.38. The van der Waals surface area contributed by atoms with Crippen molar-refractivity contribution in [3.8, 4) is 0 Å². The van der Waals surface area contributed by atoms with Crippen molar-refractivity contribution in [1.29, 1.82) is 0 Å². The van der Waals surface area contributed by atoms with Gasteiger partial charge in [-0.15, -0.1) is 0 Å². The van der Waals surface area contributed by atoms with Gasteiger partial charge in [-0.05, 0) is 37.0 Å². The molecule has 0 aromatic heterocycles. The Bertz CT molecular complexity index is 497. The summed E-state index contributed by atoms with van der Waals surface area (Å²) in [7, 11) is 0. The van der Waals surface area contributed by atoms with Crippen LogP contribution in [-0.4, -0.2) is 28.4 Å². The number of nitro benzene ring substituents is 1. The van der Waals surface area contributed by atoms with Crippen LogP contribution in [0.2, 0.25) is 5.02 Å². The van der Waals surface area contributed by atoms with Gasteiger partial charge in [0, 0.05) is 17.7 Å². The molecule has 1 aromatic rings. The molecule has 0 saturated carbocycles. The fourth-order valence-corrected chi connectivity index (χ4v) is 2.64. The summed E-state index contributed by atoms with van der Waals surface area (Å²) in [6.45, 7) is 4.02. The van der Waals surface area contributed by atoms with Crippen molar-refractivity contribution in [3.63, 3.8) is 0 Å². The molecule has 0 heterocycles. The SMILES string of the molecule is CCSCCC(C)NC(=O)c1ccc([N+](=O)[O-])c(Cl)c1. The molecule has 0 radical (unpaired) electrons. The minimum absolute atomic E-state index is 0.0307. The highest BCUT2D eigenvalue weighted by molar-refractivity contribution is 7.99. The van der Waals surface area contributed by atoms with Gasteiger partial charge < -0.3 is 5.32 Å². The summed E-state index contributed by atoms with van der Waals surface area (Å²) < 4.78 is 0. The van der Waals surface area contributed by atoms with Crippen LogP contribution in [0.1, 0.15) is 30.6 Å². The maximum Gasteiger partial charge on any atom is 0.287 e. The molecule has 1 amide bonds. The van der Waals surface area contributed by atoms with E-state index in [1.807, 2.05) is 18.7 Å². The average molecular weight is 317 g/mol. The molecule has 20 heavy (non-hydrogen) atoms. The first kappa shape index (κ1) is 16.8. The lowest BCUT2D eigenvalue weighted by Gasteiger charge is -2.13. The molecular formula is C13H17ClN2O3S. The Morgan fingerprint density at radius 2 is 2.25 bits per heavy atom. The molecule has 5 nitrogen and oxygen atoms in total. The van der Waals surface area contributed by atoms with E-state index >= 15 is 0 Å². The molecule has 1 unspecified atom stereocenters. The van der Waals surface area contributed by atoms with Gasteiger partial charge in [0.1, 0.15) is 5.02 Å². The van der Waals surface area contributed by atoms with E-state index in [1.54, 1.807) is 0 Å². The first-order chi connectivity index (χ1) is 9.45. The fourth-order valence-electron chi connectivity index (χ4n) is 1.58. The van der Waals surface area contributed by atoms with Crippen LogP contribution in [-0.2, 0) is 0 Å². The molecule has 110 valence electrons. The van der Waals surface area contributed by atoms with Gasteiger partial charge in [-0.25, -0.2) is 0 Å². The topological polar surface area (TPSA) is 72.2 Å². The third-order valence-corrected chi connectivity index (χ3v) is 3.92. The number of amides is 1. The Morgan fingerprint density at radius 1 is 1.55 bits per heavy atom. The molecule has 0 aliphatic heterocycles. The van der Waals surface area contributed by atoms with E-state index in [0.717, 1.165) is 17.9 Å². The predicted molar refractivity (Wildman–Crippen MR) is 82.7 cm³/mol. The zero-order valence-corrected chi connectivity index (χ0v) is 13.0. The van der Waals surface area contributed by atoms with Crippen LogP contribution in [0.5, 0.6) is 0 Å². The Labute approximate surface area is 127 Å². The molecule has 0 aliphatic rings. The minimum atomic E-state index is -0.575. The lowest BCUT2D eigenvalue weighted by Crippen LogP contribution is -2.32. The summed E-state index contributed by atoms with van der Waals surface area (Å²) in [6, 6.07) is 4.03. The van der Waals surface area contributed by atoms with Crippen molar-refractivity contribution in [2.75, 3.05) is 11.5 Å². The lowest BCUT2D eigenvalue weighted by atomic mass is 10.1. The van der Waals surface area contributed by atoms with E-state index < -0.39 is 4.92 Å². The van der Waals surface area contributed by atoms with E-state index in [0.29, 0.717) is 5.56 Å². The molecule has 1 aromatic carbocycles. The summed E-state index contributed by atoms with van der Waals surface area (Å²) in [5, 5.41) is 13.5. The fraction of sp³-hybridized carbons (Fsp3) is 0.462. The summed E-state index contributed by atoms with van der Waals surface area (Å²) in [5.41, 5.74) is 0.131. The normalized spacial score (nSPS) is 11.9. The van der Waals surface area contributed by atoms with Gasteiger partial charge in [-0.2, -0.15) is 11.8 Å². The molecule has 0 spiro atoms. The molecule has 1 atom stereocenters. The smallest absolute Gasteiger partial charge is 0.287 e. The number of carbonyl (C=O) groups excluding carboxylic acids is 1. The molecule has 1 N–H and O–H groups in total. The number of nitrogens with zero attached hydrogens (tertiary/aromatic N) is 1. The third-order valence-electron chi connectivity index (χ3n) is 2.68. The predicted octanol–water partition coefficient (Wildman–Crippen LogP) is 3.51. The van der Waals surface area contributed by atoms with Crippen LogP contribution in [0.3, 0.4) is 0 Å². The van der Waals surface area contributed by atoms with Gasteiger partial charge in [0.25, 0.3) is 11.6 Å². The van der Waals surface area contributed by atoms with E-state index in [1.165, 1.54) is 18.2 Å². The van der Waals surface area contributed by atoms with Gasteiger partial charge in [0.15, 0.2) is 0 Å². The van der Waals surface area contributed by atoms with Crippen molar-refractivity contribution >= 4 is 35.0 Å². The molecular weight excluding hydrogens is 300 g/mol. The zero-order valence-electron chi connectivity index (χ0n) is 11.4. The molecule has 0 saturated heterocycles. The molecule has 0 aliphatic carbocycles. The first-order valence-corrected chi connectivity index (χ1v) is 7.81. The summed E-state index contributed by atoms with van der Waals surface area (Å²) in [5.74, 6) is 1.77. The van der Waals surface area contributed by atoms with E-state index in [2.05, 4.69) is 12.2 Å². The highest BCUT2D eigenvalue weighted by atomic mass is 35.5. The van der Waals surface area contributed by atoms with E-state index in [-0.39, 0.29) is 22.7 Å². The van der Waals surface area contributed by atoms with Gasteiger partial charge in [0.2, 0.25) is 0 Å². The van der Waals surface area contributed by atoms with Crippen molar-refractivity contribution in [2.24, 2.45) is 0 Å². The number of hydrogen-bond acceptors (Lipinski definition) is 4. The maximum atomic E-state index is 12.0. The second-order valence-corrected chi connectivity index (χ2v) is 6.08. The van der Waals surface area contributed by atoms with Crippen molar-refractivity contribution in [1.82, 2.24) is 5.32 Å². The number of carbonyl (C=O) groups is 1. The Kier molecular flexibility index (Phi) is 6.81.